The summed E-state index contributed by atoms with van der Waals surface area (Å²) in [4.78, 5) is 4.31. The number of hydrogen-bond donors (Lipinski definition) is 0. The van der Waals surface area contributed by atoms with Gasteiger partial charge in [-0.25, -0.2) is 9.50 Å². The van der Waals surface area contributed by atoms with E-state index < -0.39 is 0 Å². The molecular weight excluding hydrogens is 174 g/mol. The Balaban J connectivity index is 2.92. The molecule has 0 atom stereocenters. The average molecular weight is 182 g/mol. The Kier molecular flexibility index (Phi) is 1.54. The van der Waals surface area contributed by atoms with Crippen LogP contribution in [-0.4, -0.2) is 14.6 Å². The molecule has 0 spiro atoms. The van der Waals surface area contributed by atoms with Crippen molar-refractivity contribution in [1.82, 2.24) is 14.6 Å². The van der Waals surface area contributed by atoms with Crippen LogP contribution in [0.4, 0.5) is 0 Å². The topological polar surface area (TPSA) is 30.2 Å². The zero-order valence-corrected chi connectivity index (χ0v) is 7.63. The van der Waals surface area contributed by atoms with Gasteiger partial charge in [-0.05, 0) is 19.9 Å². The quantitative estimate of drug-likeness (QED) is 0.582. The Morgan fingerprint density at radius 2 is 2.17 bits per heavy atom. The molecule has 62 valence electrons. The molecule has 0 aliphatic rings. The van der Waals surface area contributed by atoms with Crippen molar-refractivity contribution in [1.29, 1.82) is 0 Å². The molecule has 0 fully saturated rings. The first-order valence-electron chi connectivity index (χ1n) is 3.66. The molecule has 0 unspecified atom stereocenters. The molecule has 0 aliphatic carbocycles. The first kappa shape index (κ1) is 7.55. The summed E-state index contributed by atoms with van der Waals surface area (Å²) in [5.41, 5.74) is 2.79. The largest absolute Gasteiger partial charge is 0.233 e. The highest BCUT2D eigenvalue weighted by atomic mass is 35.5. The van der Waals surface area contributed by atoms with Gasteiger partial charge in [0.15, 0.2) is 5.65 Å². The second kappa shape index (κ2) is 2.45. The predicted octanol–water partition coefficient (Wildman–Crippen LogP) is 2.00. The molecule has 0 aromatic carbocycles. The lowest BCUT2D eigenvalue weighted by Crippen LogP contribution is -1.94. The molecule has 2 aromatic heterocycles. The summed E-state index contributed by atoms with van der Waals surface area (Å²) in [5, 5.41) is 4.68. The summed E-state index contributed by atoms with van der Waals surface area (Å²) in [5.74, 6) is 0. The van der Waals surface area contributed by atoms with Crippen LogP contribution in [0.3, 0.4) is 0 Å². The monoisotopic (exact) mass is 181 g/mol. The third-order valence-electron chi connectivity index (χ3n) is 1.73. The van der Waals surface area contributed by atoms with Crippen molar-refractivity contribution in [2.75, 3.05) is 0 Å². The minimum Gasteiger partial charge on any atom is -0.233 e. The lowest BCUT2D eigenvalue weighted by molar-refractivity contribution is 0.930. The SMILES string of the molecule is Cc1cc(Cl)n2ncc(C)c2n1. The van der Waals surface area contributed by atoms with Gasteiger partial charge in [0.1, 0.15) is 5.15 Å². The average Bonchev–Trinajstić information content (AvgIpc) is 2.33. The van der Waals surface area contributed by atoms with E-state index in [1.807, 2.05) is 13.8 Å². The highest BCUT2D eigenvalue weighted by Gasteiger charge is 2.04. The Bertz CT molecular complexity index is 433. The van der Waals surface area contributed by atoms with Crippen LogP contribution in [0.2, 0.25) is 5.15 Å². The first-order chi connectivity index (χ1) is 5.68. The smallest absolute Gasteiger partial charge is 0.159 e. The molecule has 3 nitrogen and oxygen atoms in total. The second-order valence-electron chi connectivity index (χ2n) is 2.78. The Hall–Kier alpha value is -1.09. The molecule has 0 bridgehead atoms. The van der Waals surface area contributed by atoms with Gasteiger partial charge >= 0.3 is 0 Å². The maximum atomic E-state index is 5.94. The number of rotatable bonds is 0. The number of nitrogens with zero attached hydrogens (tertiary/aromatic N) is 3. The van der Waals surface area contributed by atoms with Crippen LogP contribution in [0.25, 0.3) is 5.65 Å². The molecule has 2 heterocycles. The Morgan fingerprint density at radius 3 is 2.92 bits per heavy atom. The van der Waals surface area contributed by atoms with E-state index in [1.165, 1.54) is 0 Å². The molecule has 2 aromatic rings. The fraction of sp³-hybridized carbons (Fsp3) is 0.250. The molecule has 12 heavy (non-hydrogen) atoms. The van der Waals surface area contributed by atoms with E-state index >= 15 is 0 Å². The van der Waals surface area contributed by atoms with E-state index in [9.17, 15) is 0 Å². The van der Waals surface area contributed by atoms with Gasteiger partial charge in [0.25, 0.3) is 0 Å². The van der Waals surface area contributed by atoms with Crippen LogP contribution in [0.5, 0.6) is 0 Å². The highest BCUT2D eigenvalue weighted by Crippen LogP contribution is 2.14. The van der Waals surface area contributed by atoms with Gasteiger partial charge in [0, 0.05) is 11.3 Å². The van der Waals surface area contributed by atoms with E-state index in [-0.39, 0.29) is 0 Å². The third-order valence-corrected chi connectivity index (χ3v) is 2.00. The standard InChI is InChI=1S/C8H8ClN3/c1-5-4-10-12-7(9)3-6(2)11-8(5)12/h3-4H,1-2H3. The second-order valence-corrected chi connectivity index (χ2v) is 3.17. The minimum atomic E-state index is 0.602. The first-order valence-corrected chi connectivity index (χ1v) is 4.04. The summed E-state index contributed by atoms with van der Waals surface area (Å²) >= 11 is 5.94. The fourth-order valence-corrected chi connectivity index (χ4v) is 1.43. The van der Waals surface area contributed by atoms with Crippen LogP contribution in [0.15, 0.2) is 12.3 Å². The van der Waals surface area contributed by atoms with Crippen molar-refractivity contribution in [2.24, 2.45) is 0 Å². The summed E-state index contributed by atoms with van der Waals surface area (Å²) in [6.07, 6.45) is 1.76. The van der Waals surface area contributed by atoms with Crippen molar-refractivity contribution in [3.05, 3.63) is 28.7 Å². The molecular formula is C8H8ClN3. The normalized spacial score (nSPS) is 10.9. The Morgan fingerprint density at radius 1 is 1.42 bits per heavy atom. The van der Waals surface area contributed by atoms with Crippen LogP contribution in [0.1, 0.15) is 11.3 Å². The zero-order valence-electron chi connectivity index (χ0n) is 6.87. The zero-order chi connectivity index (χ0) is 8.72. The van der Waals surface area contributed by atoms with Crippen molar-refractivity contribution in [3.8, 4) is 0 Å². The molecule has 0 saturated heterocycles. The lowest BCUT2D eigenvalue weighted by atomic mass is 10.4. The van der Waals surface area contributed by atoms with Crippen LogP contribution < -0.4 is 0 Å². The van der Waals surface area contributed by atoms with Crippen molar-refractivity contribution in [2.45, 2.75) is 13.8 Å². The molecule has 0 radical (unpaired) electrons. The number of aryl methyl sites for hydroxylation is 2. The van der Waals surface area contributed by atoms with Gasteiger partial charge in [-0.1, -0.05) is 11.6 Å². The van der Waals surface area contributed by atoms with Gasteiger partial charge in [0.2, 0.25) is 0 Å². The Labute approximate surface area is 75.0 Å². The van der Waals surface area contributed by atoms with Crippen LogP contribution >= 0.6 is 11.6 Å². The van der Waals surface area contributed by atoms with Gasteiger partial charge in [0.05, 0.1) is 6.20 Å². The summed E-state index contributed by atoms with van der Waals surface area (Å²) in [6, 6.07) is 1.79. The highest BCUT2D eigenvalue weighted by molar-refractivity contribution is 6.29. The lowest BCUT2D eigenvalue weighted by Gasteiger charge is -1.98. The van der Waals surface area contributed by atoms with Gasteiger partial charge in [-0.15, -0.1) is 0 Å². The van der Waals surface area contributed by atoms with Crippen LogP contribution in [-0.2, 0) is 0 Å². The van der Waals surface area contributed by atoms with Crippen LogP contribution in [0, 0.1) is 13.8 Å². The maximum Gasteiger partial charge on any atom is 0.159 e. The molecule has 4 heteroatoms. The number of halogens is 1. The van der Waals surface area contributed by atoms with Gasteiger partial charge < -0.3 is 0 Å². The summed E-state index contributed by atoms with van der Waals surface area (Å²) in [6.45, 7) is 3.88. The van der Waals surface area contributed by atoms with Gasteiger partial charge in [-0.3, -0.25) is 0 Å². The van der Waals surface area contributed by atoms with E-state index in [0.29, 0.717) is 5.15 Å². The molecule has 0 amide bonds. The number of aromatic nitrogens is 3. The summed E-state index contributed by atoms with van der Waals surface area (Å²) in [7, 11) is 0. The minimum absolute atomic E-state index is 0.602. The van der Waals surface area contributed by atoms with E-state index in [1.54, 1.807) is 16.8 Å². The number of hydrogen-bond acceptors (Lipinski definition) is 2. The van der Waals surface area contributed by atoms with E-state index in [2.05, 4.69) is 10.1 Å². The molecule has 2 rings (SSSR count). The molecule has 0 saturated carbocycles. The number of fused-ring (bicyclic) bond motifs is 1. The molecule has 0 N–H and O–H groups in total. The van der Waals surface area contributed by atoms with Crippen molar-refractivity contribution < 1.29 is 0 Å². The van der Waals surface area contributed by atoms with E-state index in [4.69, 9.17) is 11.6 Å². The maximum absolute atomic E-state index is 5.94. The predicted molar refractivity (Wildman–Crippen MR) is 47.5 cm³/mol. The van der Waals surface area contributed by atoms with Crippen molar-refractivity contribution in [3.63, 3.8) is 0 Å². The molecule has 0 aliphatic heterocycles. The van der Waals surface area contributed by atoms with Gasteiger partial charge in [-0.2, -0.15) is 5.10 Å². The van der Waals surface area contributed by atoms with Crippen molar-refractivity contribution >= 4 is 17.2 Å². The summed E-state index contributed by atoms with van der Waals surface area (Å²) < 4.78 is 1.63. The fourth-order valence-electron chi connectivity index (χ4n) is 1.15. The van der Waals surface area contributed by atoms with E-state index in [0.717, 1.165) is 16.9 Å². The third kappa shape index (κ3) is 0.975.